The van der Waals surface area contributed by atoms with Crippen LogP contribution in [0.15, 0.2) is 35.1 Å². The number of nitrogens with one attached hydrogen (secondary N) is 1. The number of hydrogen-bond donors (Lipinski definition) is 1. The standard InChI is InChI=1S/C22H25N3O7/c1-22(2,3)32-21(29)25-12-8-11-14(25)17-23-15(20(28)30-4)16(18(26)24-17)31-19(27)13-9-6-5-7-10-13/h5-7,9-10,14H,8,11-12H2,1-4H3,(H,23,24,26). The molecule has 10 heteroatoms. The lowest BCUT2D eigenvalue weighted by atomic mass is 10.2. The van der Waals surface area contributed by atoms with E-state index in [1.165, 1.54) is 17.0 Å². The Balaban J connectivity index is 1.96. The second kappa shape index (κ2) is 9.21. The van der Waals surface area contributed by atoms with Crippen molar-refractivity contribution >= 4 is 18.0 Å². The van der Waals surface area contributed by atoms with Gasteiger partial charge in [-0.1, -0.05) is 18.2 Å². The lowest BCUT2D eigenvalue weighted by molar-refractivity contribution is 0.0218. The van der Waals surface area contributed by atoms with Crippen molar-refractivity contribution in [2.24, 2.45) is 0 Å². The SMILES string of the molecule is COC(=O)c1nc(C2CCCN2C(=O)OC(C)(C)C)[nH]c(=O)c1OC(=O)c1ccccc1. The van der Waals surface area contributed by atoms with Crippen molar-refractivity contribution in [3.05, 3.63) is 57.8 Å². The first-order chi connectivity index (χ1) is 15.1. The second-order valence-corrected chi connectivity index (χ2v) is 8.21. The van der Waals surface area contributed by atoms with Gasteiger partial charge in [0.25, 0.3) is 5.56 Å². The van der Waals surface area contributed by atoms with Crippen molar-refractivity contribution < 1.29 is 28.6 Å². The smallest absolute Gasteiger partial charge is 0.410 e. The van der Waals surface area contributed by atoms with Crippen molar-refractivity contribution in [2.45, 2.75) is 45.3 Å². The summed E-state index contributed by atoms with van der Waals surface area (Å²) >= 11 is 0. The third kappa shape index (κ3) is 5.13. The minimum Gasteiger partial charge on any atom is -0.464 e. The molecule has 1 aromatic carbocycles. The van der Waals surface area contributed by atoms with Gasteiger partial charge in [0, 0.05) is 6.54 Å². The highest BCUT2D eigenvalue weighted by atomic mass is 16.6. The number of aromatic nitrogens is 2. The fraction of sp³-hybridized carbons (Fsp3) is 0.409. The molecule has 0 aliphatic carbocycles. The molecule has 1 saturated heterocycles. The Kier molecular flexibility index (Phi) is 6.61. The first kappa shape index (κ1) is 23.0. The summed E-state index contributed by atoms with van der Waals surface area (Å²) in [5.41, 5.74) is -1.79. The summed E-state index contributed by atoms with van der Waals surface area (Å²) in [6, 6.07) is 7.39. The maximum absolute atomic E-state index is 12.8. The summed E-state index contributed by atoms with van der Waals surface area (Å²) in [5.74, 6) is -2.27. The van der Waals surface area contributed by atoms with Crippen LogP contribution in [0.3, 0.4) is 0 Å². The van der Waals surface area contributed by atoms with Crippen molar-refractivity contribution in [1.82, 2.24) is 14.9 Å². The van der Waals surface area contributed by atoms with E-state index >= 15 is 0 Å². The van der Waals surface area contributed by atoms with Gasteiger partial charge >= 0.3 is 18.0 Å². The number of carbonyl (C=O) groups is 3. The second-order valence-electron chi connectivity index (χ2n) is 8.21. The van der Waals surface area contributed by atoms with Crippen LogP contribution in [0.4, 0.5) is 4.79 Å². The molecule has 2 heterocycles. The largest absolute Gasteiger partial charge is 0.464 e. The number of aromatic amines is 1. The molecule has 1 aliphatic rings. The molecule has 0 spiro atoms. The first-order valence-electron chi connectivity index (χ1n) is 10.1. The van der Waals surface area contributed by atoms with E-state index in [0.717, 1.165) is 7.11 Å². The van der Waals surface area contributed by atoms with E-state index in [1.807, 2.05) is 0 Å². The number of rotatable bonds is 4. The van der Waals surface area contributed by atoms with E-state index in [4.69, 9.17) is 14.2 Å². The molecule has 1 amide bonds. The Labute approximate surface area is 184 Å². The number of amides is 1. The molecule has 0 bridgehead atoms. The zero-order chi connectivity index (χ0) is 23.5. The topological polar surface area (TPSA) is 128 Å². The van der Waals surface area contributed by atoms with Crippen LogP contribution in [0.5, 0.6) is 5.75 Å². The van der Waals surface area contributed by atoms with Crippen LogP contribution >= 0.6 is 0 Å². The number of carbonyl (C=O) groups excluding carboxylic acids is 3. The molecule has 1 aliphatic heterocycles. The predicted octanol–water partition coefficient (Wildman–Crippen LogP) is 2.85. The zero-order valence-electron chi connectivity index (χ0n) is 18.3. The van der Waals surface area contributed by atoms with Crippen LogP contribution in [0.1, 0.15) is 66.3 Å². The number of esters is 2. The molecule has 32 heavy (non-hydrogen) atoms. The van der Waals surface area contributed by atoms with E-state index in [1.54, 1.807) is 39.0 Å². The number of ether oxygens (including phenoxy) is 3. The number of H-pyrrole nitrogens is 1. The Bertz CT molecular complexity index is 1070. The van der Waals surface area contributed by atoms with Gasteiger partial charge in [-0.05, 0) is 45.7 Å². The molecule has 10 nitrogen and oxygen atoms in total. The summed E-state index contributed by atoms with van der Waals surface area (Å²) in [4.78, 5) is 58.3. The fourth-order valence-corrected chi connectivity index (χ4v) is 3.28. The number of benzene rings is 1. The van der Waals surface area contributed by atoms with E-state index in [-0.39, 0.29) is 11.4 Å². The van der Waals surface area contributed by atoms with Crippen LogP contribution in [0, 0.1) is 0 Å². The van der Waals surface area contributed by atoms with Gasteiger partial charge in [0.1, 0.15) is 11.4 Å². The van der Waals surface area contributed by atoms with Crippen LogP contribution in [0.2, 0.25) is 0 Å². The predicted molar refractivity (Wildman–Crippen MR) is 113 cm³/mol. The van der Waals surface area contributed by atoms with Crippen LogP contribution in [-0.4, -0.2) is 52.2 Å². The minimum absolute atomic E-state index is 0.0817. The number of likely N-dealkylation sites (tertiary alicyclic amines) is 1. The zero-order valence-corrected chi connectivity index (χ0v) is 18.3. The van der Waals surface area contributed by atoms with E-state index in [9.17, 15) is 19.2 Å². The number of nitrogens with zero attached hydrogens (tertiary/aromatic N) is 2. The van der Waals surface area contributed by atoms with Gasteiger partial charge < -0.3 is 19.2 Å². The number of methoxy groups -OCH3 is 1. The van der Waals surface area contributed by atoms with E-state index in [0.29, 0.717) is 19.4 Å². The molecule has 1 N–H and O–H groups in total. The Morgan fingerprint density at radius 2 is 1.81 bits per heavy atom. The van der Waals surface area contributed by atoms with Crippen molar-refractivity contribution in [1.29, 1.82) is 0 Å². The molecule has 170 valence electrons. The highest BCUT2D eigenvalue weighted by Gasteiger charge is 2.36. The normalized spacial score (nSPS) is 15.9. The van der Waals surface area contributed by atoms with Gasteiger partial charge in [-0.15, -0.1) is 0 Å². The molecule has 2 aromatic rings. The number of hydrogen-bond acceptors (Lipinski definition) is 8. The summed E-state index contributed by atoms with van der Waals surface area (Å²) in [6.07, 6.45) is 0.611. The first-order valence-corrected chi connectivity index (χ1v) is 10.1. The third-order valence-corrected chi connectivity index (χ3v) is 4.67. The summed E-state index contributed by atoms with van der Waals surface area (Å²) < 4.78 is 15.4. The van der Waals surface area contributed by atoms with Crippen molar-refractivity contribution in [2.75, 3.05) is 13.7 Å². The van der Waals surface area contributed by atoms with Gasteiger partial charge in [-0.2, -0.15) is 0 Å². The molecule has 1 unspecified atom stereocenters. The molecule has 0 saturated carbocycles. The molecule has 1 atom stereocenters. The molecule has 3 rings (SSSR count). The van der Waals surface area contributed by atoms with Gasteiger partial charge in [0.2, 0.25) is 5.75 Å². The average Bonchev–Trinajstić information content (AvgIpc) is 3.24. The summed E-state index contributed by atoms with van der Waals surface area (Å²) in [7, 11) is 1.12. The highest BCUT2D eigenvalue weighted by Crippen LogP contribution is 2.31. The monoisotopic (exact) mass is 443 g/mol. The van der Waals surface area contributed by atoms with Crippen LogP contribution in [-0.2, 0) is 9.47 Å². The Hall–Kier alpha value is -3.69. The average molecular weight is 443 g/mol. The van der Waals surface area contributed by atoms with Crippen molar-refractivity contribution in [3.63, 3.8) is 0 Å². The maximum Gasteiger partial charge on any atom is 0.410 e. The molecule has 0 radical (unpaired) electrons. The van der Waals surface area contributed by atoms with E-state index < -0.39 is 46.7 Å². The molecule has 1 aromatic heterocycles. The van der Waals surface area contributed by atoms with E-state index in [2.05, 4.69) is 9.97 Å². The molecular formula is C22H25N3O7. The highest BCUT2D eigenvalue weighted by molar-refractivity contribution is 5.94. The van der Waals surface area contributed by atoms with Gasteiger partial charge in [0.15, 0.2) is 5.69 Å². The van der Waals surface area contributed by atoms with Crippen molar-refractivity contribution in [3.8, 4) is 5.75 Å². The fourth-order valence-electron chi connectivity index (χ4n) is 3.28. The summed E-state index contributed by atoms with van der Waals surface area (Å²) in [6.45, 7) is 5.66. The quantitative estimate of drug-likeness (QED) is 0.715. The maximum atomic E-state index is 12.8. The Morgan fingerprint density at radius 1 is 1.12 bits per heavy atom. The molecule has 1 fully saturated rings. The van der Waals surface area contributed by atoms with Gasteiger partial charge in [-0.25, -0.2) is 19.4 Å². The van der Waals surface area contributed by atoms with Crippen LogP contribution in [0.25, 0.3) is 0 Å². The van der Waals surface area contributed by atoms with Gasteiger partial charge in [0.05, 0.1) is 18.7 Å². The van der Waals surface area contributed by atoms with Gasteiger partial charge in [-0.3, -0.25) is 9.69 Å². The minimum atomic E-state index is -0.949. The lowest BCUT2D eigenvalue weighted by Crippen LogP contribution is -2.37. The summed E-state index contributed by atoms with van der Waals surface area (Å²) in [5, 5.41) is 0. The third-order valence-electron chi connectivity index (χ3n) is 4.67. The lowest BCUT2D eigenvalue weighted by Gasteiger charge is -2.28. The Morgan fingerprint density at radius 3 is 2.44 bits per heavy atom. The molecular weight excluding hydrogens is 418 g/mol. The van der Waals surface area contributed by atoms with Crippen LogP contribution < -0.4 is 10.3 Å².